The summed E-state index contributed by atoms with van der Waals surface area (Å²) >= 11 is 5.87. The highest BCUT2D eigenvalue weighted by Gasteiger charge is 2.09. The van der Waals surface area contributed by atoms with Gasteiger partial charge in [0, 0.05) is 10.7 Å². The Balaban J connectivity index is 2.00. The molecule has 0 spiro atoms. The van der Waals surface area contributed by atoms with Crippen LogP contribution < -0.4 is 10.6 Å². The van der Waals surface area contributed by atoms with Gasteiger partial charge in [-0.25, -0.2) is 4.79 Å². The summed E-state index contributed by atoms with van der Waals surface area (Å²) in [4.78, 5) is 23.5. The zero-order chi connectivity index (χ0) is 17.5. The topological polar surface area (TPSA) is 91.2 Å². The number of rotatable bonds is 5. The zero-order valence-electron chi connectivity index (χ0n) is 12.8. The monoisotopic (exact) mass is 343 g/mol. The molecule has 0 fully saturated rings. The molecule has 2 N–H and O–H groups in total. The zero-order valence-corrected chi connectivity index (χ0v) is 13.6. The number of carbonyl (C=O) groups is 2. The number of esters is 1. The molecule has 6 nitrogen and oxygen atoms in total. The highest BCUT2D eigenvalue weighted by Crippen LogP contribution is 2.20. The first kappa shape index (κ1) is 17.3. The molecule has 0 saturated heterocycles. The third kappa shape index (κ3) is 4.48. The van der Waals surface area contributed by atoms with E-state index in [9.17, 15) is 9.59 Å². The molecule has 0 radical (unpaired) electrons. The molecule has 0 aromatic heterocycles. The fourth-order valence-corrected chi connectivity index (χ4v) is 2.14. The first-order valence-electron chi connectivity index (χ1n) is 6.95. The van der Waals surface area contributed by atoms with Crippen LogP contribution in [-0.4, -0.2) is 25.5 Å². The van der Waals surface area contributed by atoms with Crippen molar-refractivity contribution in [2.75, 3.05) is 24.3 Å². The molecule has 1 amide bonds. The largest absolute Gasteiger partial charge is 0.465 e. The number of halogens is 1. The van der Waals surface area contributed by atoms with Crippen LogP contribution in [0.15, 0.2) is 42.5 Å². The summed E-state index contributed by atoms with van der Waals surface area (Å²) in [5, 5.41) is 15.0. The third-order valence-electron chi connectivity index (χ3n) is 3.11. The van der Waals surface area contributed by atoms with E-state index in [1.807, 2.05) is 6.07 Å². The number of hydrogen-bond donors (Lipinski definition) is 2. The Labute approximate surface area is 144 Å². The molecule has 122 valence electrons. The third-order valence-corrected chi connectivity index (χ3v) is 3.35. The SMILES string of the molecule is COC(=O)c1cccc(NCC(=O)Nc2cc(Cl)ccc2C#N)c1. The molecule has 2 aromatic rings. The molecule has 0 aliphatic rings. The highest BCUT2D eigenvalue weighted by molar-refractivity contribution is 6.31. The van der Waals surface area contributed by atoms with Gasteiger partial charge in [-0.05, 0) is 36.4 Å². The van der Waals surface area contributed by atoms with Gasteiger partial charge in [0.25, 0.3) is 0 Å². The smallest absolute Gasteiger partial charge is 0.337 e. The maximum absolute atomic E-state index is 12.0. The van der Waals surface area contributed by atoms with Gasteiger partial charge in [-0.15, -0.1) is 0 Å². The summed E-state index contributed by atoms with van der Waals surface area (Å²) in [5.41, 5.74) is 1.64. The summed E-state index contributed by atoms with van der Waals surface area (Å²) < 4.78 is 4.64. The van der Waals surface area contributed by atoms with Crippen LogP contribution in [0.25, 0.3) is 0 Å². The Hall–Kier alpha value is -3.04. The molecule has 24 heavy (non-hydrogen) atoms. The maximum atomic E-state index is 12.0. The Morgan fingerprint density at radius 1 is 1.25 bits per heavy atom. The molecule has 0 unspecified atom stereocenters. The maximum Gasteiger partial charge on any atom is 0.337 e. The number of nitrogens with zero attached hydrogens (tertiary/aromatic N) is 1. The fraction of sp³-hybridized carbons (Fsp3) is 0.118. The lowest BCUT2D eigenvalue weighted by Gasteiger charge is -2.10. The molecular formula is C17H14ClN3O3. The number of amides is 1. The number of nitriles is 1. The lowest BCUT2D eigenvalue weighted by molar-refractivity contribution is -0.114. The van der Waals surface area contributed by atoms with Gasteiger partial charge in [0.2, 0.25) is 5.91 Å². The molecule has 0 bridgehead atoms. The first-order valence-corrected chi connectivity index (χ1v) is 7.33. The second kappa shape index (κ2) is 7.99. The van der Waals surface area contributed by atoms with Gasteiger partial charge in [0.05, 0.1) is 30.5 Å². The van der Waals surface area contributed by atoms with Gasteiger partial charge in [0.15, 0.2) is 0 Å². The van der Waals surface area contributed by atoms with E-state index in [-0.39, 0.29) is 12.5 Å². The number of ether oxygens (including phenoxy) is 1. The molecule has 2 aromatic carbocycles. The summed E-state index contributed by atoms with van der Waals surface area (Å²) in [6.45, 7) is -0.0397. The van der Waals surface area contributed by atoms with Crippen molar-refractivity contribution in [3.05, 3.63) is 58.6 Å². The van der Waals surface area contributed by atoms with Gasteiger partial charge in [-0.1, -0.05) is 17.7 Å². The van der Waals surface area contributed by atoms with Crippen LogP contribution in [0.4, 0.5) is 11.4 Å². The Kier molecular flexibility index (Phi) is 5.77. The van der Waals surface area contributed by atoms with Crippen LogP contribution in [0.3, 0.4) is 0 Å². The van der Waals surface area contributed by atoms with E-state index in [1.54, 1.807) is 30.3 Å². The highest BCUT2D eigenvalue weighted by atomic mass is 35.5. The van der Waals surface area contributed by atoms with Crippen molar-refractivity contribution in [2.24, 2.45) is 0 Å². The number of anilines is 2. The minimum Gasteiger partial charge on any atom is -0.465 e. The average molecular weight is 344 g/mol. The second-order valence-corrected chi connectivity index (χ2v) is 5.21. The van der Waals surface area contributed by atoms with E-state index >= 15 is 0 Å². The van der Waals surface area contributed by atoms with Crippen LogP contribution >= 0.6 is 11.6 Å². The number of hydrogen-bond acceptors (Lipinski definition) is 5. The summed E-state index contributed by atoms with van der Waals surface area (Å²) in [7, 11) is 1.30. The first-order chi connectivity index (χ1) is 11.5. The van der Waals surface area contributed by atoms with E-state index in [1.165, 1.54) is 19.2 Å². The average Bonchev–Trinajstić information content (AvgIpc) is 2.59. The van der Waals surface area contributed by atoms with E-state index in [2.05, 4.69) is 15.4 Å². The molecule has 0 aliphatic carbocycles. The quantitative estimate of drug-likeness (QED) is 0.814. The predicted molar refractivity (Wildman–Crippen MR) is 91.1 cm³/mol. The summed E-state index contributed by atoms with van der Waals surface area (Å²) in [6, 6.07) is 13.2. The minimum absolute atomic E-state index is 0.0397. The minimum atomic E-state index is -0.458. The van der Waals surface area contributed by atoms with Crippen molar-refractivity contribution in [1.29, 1.82) is 5.26 Å². The van der Waals surface area contributed by atoms with E-state index < -0.39 is 5.97 Å². The van der Waals surface area contributed by atoms with Crippen LogP contribution in [-0.2, 0) is 9.53 Å². The van der Waals surface area contributed by atoms with E-state index in [4.69, 9.17) is 16.9 Å². The van der Waals surface area contributed by atoms with Gasteiger partial charge in [-0.2, -0.15) is 5.26 Å². The normalized spacial score (nSPS) is 9.71. The molecule has 7 heteroatoms. The number of carbonyl (C=O) groups excluding carboxylic acids is 2. The fourth-order valence-electron chi connectivity index (χ4n) is 1.97. The number of benzene rings is 2. The molecule has 0 heterocycles. The van der Waals surface area contributed by atoms with Crippen molar-refractivity contribution in [3.63, 3.8) is 0 Å². The van der Waals surface area contributed by atoms with Crippen LogP contribution in [0.5, 0.6) is 0 Å². The number of methoxy groups -OCH3 is 1. The second-order valence-electron chi connectivity index (χ2n) is 4.78. The Morgan fingerprint density at radius 3 is 2.75 bits per heavy atom. The van der Waals surface area contributed by atoms with Crippen LogP contribution in [0, 0.1) is 11.3 Å². The molecule has 0 saturated carbocycles. The number of nitrogens with one attached hydrogen (secondary N) is 2. The lowest BCUT2D eigenvalue weighted by Crippen LogP contribution is -2.22. The van der Waals surface area contributed by atoms with Crippen molar-refractivity contribution in [2.45, 2.75) is 0 Å². The van der Waals surface area contributed by atoms with Crippen LogP contribution in [0.1, 0.15) is 15.9 Å². The van der Waals surface area contributed by atoms with E-state index in [0.717, 1.165) is 0 Å². The van der Waals surface area contributed by atoms with Crippen molar-refractivity contribution < 1.29 is 14.3 Å². The Bertz CT molecular complexity index is 815. The van der Waals surface area contributed by atoms with Gasteiger partial charge >= 0.3 is 5.97 Å². The van der Waals surface area contributed by atoms with Crippen molar-refractivity contribution in [1.82, 2.24) is 0 Å². The summed E-state index contributed by atoms with van der Waals surface area (Å²) in [6.07, 6.45) is 0. The van der Waals surface area contributed by atoms with Gasteiger partial charge < -0.3 is 15.4 Å². The predicted octanol–water partition coefficient (Wildman–Crippen LogP) is 3.05. The molecule has 2 rings (SSSR count). The van der Waals surface area contributed by atoms with E-state index in [0.29, 0.717) is 27.5 Å². The molecule has 0 atom stereocenters. The van der Waals surface area contributed by atoms with Crippen LogP contribution in [0.2, 0.25) is 5.02 Å². The molecule has 0 aliphatic heterocycles. The van der Waals surface area contributed by atoms with Gasteiger partial charge in [-0.3, -0.25) is 4.79 Å². The lowest BCUT2D eigenvalue weighted by atomic mass is 10.2. The van der Waals surface area contributed by atoms with Crippen molar-refractivity contribution >= 4 is 34.9 Å². The Morgan fingerprint density at radius 2 is 2.04 bits per heavy atom. The van der Waals surface area contributed by atoms with Crippen molar-refractivity contribution in [3.8, 4) is 6.07 Å². The van der Waals surface area contributed by atoms with Gasteiger partial charge in [0.1, 0.15) is 6.07 Å². The summed E-state index contributed by atoms with van der Waals surface area (Å²) in [5.74, 6) is -0.807. The standard InChI is InChI=1S/C17H14ClN3O3/c1-24-17(23)11-3-2-4-14(7-11)20-10-16(22)21-15-8-13(18)6-5-12(15)9-19/h2-8,20H,10H2,1H3,(H,21,22). The molecular weight excluding hydrogens is 330 g/mol.